The number of hydrogen-bond acceptors (Lipinski definition) is 2. The van der Waals surface area contributed by atoms with E-state index in [0.717, 1.165) is 5.56 Å². The van der Waals surface area contributed by atoms with Crippen molar-refractivity contribution in [3.8, 4) is 0 Å². The van der Waals surface area contributed by atoms with Crippen molar-refractivity contribution in [2.24, 2.45) is 0 Å². The Bertz CT molecular complexity index is 396. The molecule has 0 bridgehead atoms. The largest absolute Gasteiger partial charge is 0.242 e. The molecule has 13 heavy (non-hydrogen) atoms. The molecule has 71 valence electrons. The van der Waals surface area contributed by atoms with E-state index in [-0.39, 0.29) is 0 Å². The molecule has 3 nitrogen and oxygen atoms in total. The van der Waals surface area contributed by atoms with E-state index in [1.54, 1.807) is 19.1 Å². The van der Waals surface area contributed by atoms with E-state index in [9.17, 15) is 8.42 Å². The standard InChI is InChI=1S/C9H12NO2S/c1-8-6-4-5-7-9(8)13(11,12)10(2)3/h4,6-7H,1-3H3. The maximum atomic E-state index is 11.7. The molecule has 0 atom stereocenters. The Morgan fingerprint density at radius 2 is 2.00 bits per heavy atom. The van der Waals surface area contributed by atoms with Crippen LogP contribution in [0.1, 0.15) is 5.56 Å². The minimum Gasteiger partial charge on any atom is -0.207 e. The Morgan fingerprint density at radius 3 is 2.46 bits per heavy atom. The first-order valence-corrected chi connectivity index (χ1v) is 5.29. The van der Waals surface area contributed by atoms with E-state index < -0.39 is 10.0 Å². The molecule has 1 rings (SSSR count). The molecule has 1 radical (unpaired) electrons. The second kappa shape index (κ2) is 3.47. The minimum absolute atomic E-state index is 0.319. The van der Waals surface area contributed by atoms with Gasteiger partial charge >= 0.3 is 0 Å². The van der Waals surface area contributed by atoms with Crippen LogP contribution in [-0.2, 0) is 10.0 Å². The Morgan fingerprint density at radius 1 is 1.38 bits per heavy atom. The van der Waals surface area contributed by atoms with Crippen LogP contribution < -0.4 is 0 Å². The molecular weight excluding hydrogens is 186 g/mol. The fourth-order valence-electron chi connectivity index (χ4n) is 0.967. The zero-order valence-electron chi connectivity index (χ0n) is 7.90. The van der Waals surface area contributed by atoms with E-state index >= 15 is 0 Å². The van der Waals surface area contributed by atoms with Crippen LogP contribution in [0.25, 0.3) is 0 Å². The van der Waals surface area contributed by atoms with E-state index in [1.807, 2.05) is 0 Å². The zero-order valence-corrected chi connectivity index (χ0v) is 8.72. The highest BCUT2D eigenvalue weighted by molar-refractivity contribution is 7.89. The number of benzene rings is 1. The van der Waals surface area contributed by atoms with Crippen LogP contribution in [0.3, 0.4) is 0 Å². The Labute approximate surface area is 79.0 Å². The fourth-order valence-corrected chi connectivity index (χ4v) is 2.05. The molecular formula is C9H12NO2S. The highest BCUT2D eigenvalue weighted by Gasteiger charge is 2.18. The fraction of sp³-hybridized carbons (Fsp3) is 0.333. The molecule has 4 heteroatoms. The second-order valence-electron chi connectivity index (χ2n) is 2.98. The van der Waals surface area contributed by atoms with Gasteiger partial charge in [-0.2, -0.15) is 0 Å². The lowest BCUT2D eigenvalue weighted by Gasteiger charge is -2.12. The predicted octanol–water partition coefficient (Wildman–Crippen LogP) is 1.05. The Balaban J connectivity index is 3.32. The van der Waals surface area contributed by atoms with Crippen molar-refractivity contribution in [2.45, 2.75) is 11.8 Å². The third-order valence-electron chi connectivity index (χ3n) is 1.79. The van der Waals surface area contributed by atoms with Crippen LogP contribution in [0, 0.1) is 13.0 Å². The summed E-state index contributed by atoms with van der Waals surface area (Å²) >= 11 is 0. The number of hydrogen-bond donors (Lipinski definition) is 0. The quantitative estimate of drug-likeness (QED) is 0.712. The van der Waals surface area contributed by atoms with Crippen LogP contribution in [0.5, 0.6) is 0 Å². The van der Waals surface area contributed by atoms with Crippen LogP contribution in [-0.4, -0.2) is 26.8 Å². The molecule has 0 fully saturated rings. The van der Waals surface area contributed by atoms with Crippen molar-refractivity contribution in [1.29, 1.82) is 0 Å². The molecule has 0 aliphatic heterocycles. The van der Waals surface area contributed by atoms with E-state index in [0.29, 0.717) is 4.90 Å². The maximum Gasteiger partial charge on any atom is 0.242 e. The molecule has 0 unspecified atom stereocenters. The van der Waals surface area contributed by atoms with Gasteiger partial charge in [0.2, 0.25) is 10.0 Å². The summed E-state index contributed by atoms with van der Waals surface area (Å²) in [5.41, 5.74) is 0.743. The van der Waals surface area contributed by atoms with E-state index in [4.69, 9.17) is 0 Å². The highest BCUT2D eigenvalue weighted by Crippen LogP contribution is 2.16. The van der Waals surface area contributed by atoms with Crippen LogP contribution >= 0.6 is 0 Å². The molecule has 0 aromatic heterocycles. The molecule has 0 heterocycles. The second-order valence-corrected chi connectivity index (χ2v) is 5.10. The summed E-state index contributed by atoms with van der Waals surface area (Å²) in [4.78, 5) is 0.319. The summed E-state index contributed by atoms with van der Waals surface area (Å²) in [5, 5.41) is 0. The van der Waals surface area contributed by atoms with Gasteiger partial charge in [0.15, 0.2) is 0 Å². The summed E-state index contributed by atoms with van der Waals surface area (Å²) in [7, 11) is -0.274. The number of nitrogens with zero attached hydrogens (tertiary/aromatic N) is 1. The maximum absolute atomic E-state index is 11.7. The van der Waals surface area contributed by atoms with Crippen molar-refractivity contribution < 1.29 is 8.42 Å². The molecule has 1 aromatic carbocycles. The highest BCUT2D eigenvalue weighted by atomic mass is 32.2. The van der Waals surface area contributed by atoms with Crippen LogP contribution in [0.15, 0.2) is 23.1 Å². The van der Waals surface area contributed by atoms with Gasteiger partial charge in [0.05, 0.1) is 4.90 Å². The minimum atomic E-state index is -3.31. The van der Waals surface area contributed by atoms with Crippen molar-refractivity contribution >= 4 is 10.0 Å². The third-order valence-corrected chi connectivity index (χ3v) is 3.75. The molecule has 0 amide bonds. The number of sulfonamides is 1. The first-order valence-electron chi connectivity index (χ1n) is 3.85. The summed E-state index contributed by atoms with van der Waals surface area (Å²) in [5.74, 6) is 0. The molecule has 0 spiro atoms. The lowest BCUT2D eigenvalue weighted by Crippen LogP contribution is -2.22. The van der Waals surface area contributed by atoms with Crippen molar-refractivity contribution in [2.75, 3.05) is 14.1 Å². The first-order chi connectivity index (χ1) is 5.96. The molecule has 0 saturated carbocycles. The Kier molecular flexibility index (Phi) is 2.73. The monoisotopic (exact) mass is 198 g/mol. The number of aryl methyl sites for hydroxylation is 1. The van der Waals surface area contributed by atoms with Gasteiger partial charge in [0.1, 0.15) is 0 Å². The van der Waals surface area contributed by atoms with Crippen molar-refractivity contribution in [3.63, 3.8) is 0 Å². The lowest BCUT2D eigenvalue weighted by molar-refractivity contribution is 0.520. The third kappa shape index (κ3) is 1.89. The zero-order chi connectivity index (χ0) is 10.1. The van der Waals surface area contributed by atoms with Gasteiger partial charge in [-0.3, -0.25) is 0 Å². The molecule has 1 aromatic rings. The van der Waals surface area contributed by atoms with Gasteiger partial charge in [-0.15, -0.1) is 0 Å². The summed E-state index contributed by atoms with van der Waals surface area (Å²) in [6, 6.07) is 7.68. The molecule has 0 aliphatic rings. The Hall–Kier alpha value is -0.870. The van der Waals surface area contributed by atoms with Gasteiger partial charge < -0.3 is 0 Å². The molecule has 0 aliphatic carbocycles. The first kappa shape index (κ1) is 10.2. The average Bonchev–Trinajstić information content (AvgIpc) is 2.04. The van der Waals surface area contributed by atoms with Gasteiger partial charge in [-0.05, 0) is 24.6 Å². The average molecular weight is 198 g/mol. The smallest absolute Gasteiger partial charge is 0.207 e. The summed E-state index contributed by atoms with van der Waals surface area (Å²) in [6.07, 6.45) is 0. The van der Waals surface area contributed by atoms with Gasteiger partial charge in [0.25, 0.3) is 0 Å². The number of rotatable bonds is 2. The predicted molar refractivity (Wildman–Crippen MR) is 50.9 cm³/mol. The topological polar surface area (TPSA) is 37.4 Å². The van der Waals surface area contributed by atoms with E-state index in [1.165, 1.54) is 24.5 Å². The molecule has 0 saturated heterocycles. The summed E-state index contributed by atoms with van der Waals surface area (Å²) in [6.45, 7) is 1.77. The normalized spacial score (nSPS) is 12.0. The van der Waals surface area contributed by atoms with Gasteiger partial charge in [0, 0.05) is 14.1 Å². The van der Waals surface area contributed by atoms with Crippen molar-refractivity contribution in [3.05, 3.63) is 29.8 Å². The van der Waals surface area contributed by atoms with Crippen LogP contribution in [0.4, 0.5) is 0 Å². The SMILES string of the molecule is Cc1cc[c]cc1S(=O)(=O)N(C)C. The van der Waals surface area contributed by atoms with Crippen molar-refractivity contribution in [1.82, 2.24) is 4.31 Å². The van der Waals surface area contributed by atoms with Gasteiger partial charge in [-0.1, -0.05) is 12.1 Å². The van der Waals surface area contributed by atoms with Crippen LogP contribution in [0.2, 0.25) is 0 Å². The summed E-state index contributed by atoms with van der Waals surface area (Å²) < 4.78 is 24.5. The molecule has 0 N–H and O–H groups in total. The van der Waals surface area contributed by atoms with Gasteiger partial charge in [-0.25, -0.2) is 12.7 Å². The lowest BCUT2D eigenvalue weighted by atomic mass is 10.2. The van der Waals surface area contributed by atoms with E-state index in [2.05, 4.69) is 6.07 Å².